The number of piperazine rings is 1. The largest absolute Gasteiger partial charge is 0.455 e. The number of anilines is 1. The van der Waals surface area contributed by atoms with Crippen molar-refractivity contribution in [2.75, 3.05) is 37.7 Å². The molecule has 2 fully saturated rings. The number of hydrogen-bond acceptors (Lipinski definition) is 6. The number of esters is 1. The number of nitro benzene ring substituents is 1. The summed E-state index contributed by atoms with van der Waals surface area (Å²) in [5.41, 5.74) is -1.65. The lowest BCUT2D eigenvalue weighted by Gasteiger charge is -2.35. The molecule has 3 rings (SSSR count). The van der Waals surface area contributed by atoms with Crippen molar-refractivity contribution in [2.24, 2.45) is 11.8 Å². The first-order valence-electron chi connectivity index (χ1n) is 9.13. The first-order chi connectivity index (χ1) is 13.6. The lowest BCUT2D eigenvalue weighted by molar-refractivity contribution is -0.384. The van der Waals surface area contributed by atoms with Crippen molar-refractivity contribution in [3.63, 3.8) is 0 Å². The van der Waals surface area contributed by atoms with Crippen LogP contribution >= 0.6 is 0 Å². The summed E-state index contributed by atoms with van der Waals surface area (Å²) >= 11 is 0. The second kappa shape index (κ2) is 7.88. The molecule has 8 nitrogen and oxygen atoms in total. The van der Waals surface area contributed by atoms with Gasteiger partial charge in [0.15, 0.2) is 6.61 Å². The standard InChI is InChI=1S/C18H20F3N3O5/c1-11-8-13(11)17(26)29-10-16(25)23-6-4-22(5-7-23)14-3-2-12(18(19,20)21)9-15(14)24(27)28/h2-3,9,11,13H,4-8,10H2,1H3/t11-,13+/m1/s1. The van der Waals surface area contributed by atoms with E-state index in [0.717, 1.165) is 18.6 Å². The number of halogens is 3. The molecule has 1 saturated heterocycles. The maximum atomic E-state index is 12.8. The molecule has 1 aromatic rings. The molecule has 0 unspecified atom stereocenters. The Balaban J connectivity index is 1.59. The van der Waals surface area contributed by atoms with Crippen LogP contribution in [-0.4, -0.2) is 54.5 Å². The fourth-order valence-corrected chi connectivity index (χ4v) is 3.29. The Labute approximate surface area is 164 Å². The van der Waals surface area contributed by atoms with Crippen molar-refractivity contribution in [1.82, 2.24) is 4.90 Å². The van der Waals surface area contributed by atoms with Crippen molar-refractivity contribution in [3.05, 3.63) is 33.9 Å². The van der Waals surface area contributed by atoms with Crippen LogP contribution in [0.25, 0.3) is 0 Å². The predicted molar refractivity (Wildman–Crippen MR) is 95.1 cm³/mol. The van der Waals surface area contributed by atoms with Gasteiger partial charge in [-0.3, -0.25) is 19.7 Å². The molecular formula is C18H20F3N3O5. The van der Waals surface area contributed by atoms with Crippen LogP contribution in [0.1, 0.15) is 18.9 Å². The third kappa shape index (κ3) is 4.77. The highest BCUT2D eigenvalue weighted by Gasteiger charge is 2.41. The zero-order chi connectivity index (χ0) is 21.3. The first-order valence-corrected chi connectivity index (χ1v) is 9.13. The molecule has 11 heteroatoms. The van der Waals surface area contributed by atoms with E-state index in [4.69, 9.17) is 4.74 Å². The average Bonchev–Trinajstić information content (AvgIpc) is 3.41. The summed E-state index contributed by atoms with van der Waals surface area (Å²) in [5.74, 6) is -0.612. The van der Waals surface area contributed by atoms with Gasteiger partial charge in [-0.2, -0.15) is 13.2 Å². The lowest BCUT2D eigenvalue weighted by atomic mass is 10.1. The molecule has 1 aliphatic heterocycles. The summed E-state index contributed by atoms with van der Waals surface area (Å²) in [4.78, 5) is 37.3. The van der Waals surface area contributed by atoms with Crippen molar-refractivity contribution >= 4 is 23.3 Å². The fraction of sp³-hybridized carbons (Fsp3) is 0.556. The zero-order valence-corrected chi connectivity index (χ0v) is 15.6. The van der Waals surface area contributed by atoms with E-state index in [1.165, 1.54) is 4.90 Å². The molecule has 0 aromatic heterocycles. The van der Waals surface area contributed by atoms with Crippen LogP contribution in [0, 0.1) is 22.0 Å². The Morgan fingerprint density at radius 2 is 1.86 bits per heavy atom. The maximum absolute atomic E-state index is 12.8. The molecule has 0 N–H and O–H groups in total. The quantitative estimate of drug-likeness (QED) is 0.417. The van der Waals surface area contributed by atoms with Crippen LogP contribution in [0.4, 0.5) is 24.5 Å². The van der Waals surface area contributed by atoms with Gasteiger partial charge >= 0.3 is 12.1 Å². The van der Waals surface area contributed by atoms with Crippen molar-refractivity contribution in [1.29, 1.82) is 0 Å². The number of benzene rings is 1. The smallest absolute Gasteiger partial charge is 0.416 e. The van der Waals surface area contributed by atoms with E-state index in [0.29, 0.717) is 6.07 Å². The van der Waals surface area contributed by atoms with Gasteiger partial charge in [-0.05, 0) is 24.5 Å². The van der Waals surface area contributed by atoms with Gasteiger partial charge in [0.1, 0.15) is 5.69 Å². The summed E-state index contributed by atoms with van der Waals surface area (Å²) in [7, 11) is 0. The zero-order valence-electron chi connectivity index (χ0n) is 15.6. The minimum atomic E-state index is -4.68. The molecule has 1 amide bonds. The Kier molecular flexibility index (Phi) is 5.67. The van der Waals surface area contributed by atoms with E-state index >= 15 is 0 Å². The van der Waals surface area contributed by atoms with E-state index in [9.17, 15) is 32.9 Å². The minimum absolute atomic E-state index is 0.0734. The molecule has 29 heavy (non-hydrogen) atoms. The van der Waals surface area contributed by atoms with E-state index in [1.54, 1.807) is 4.90 Å². The Hall–Kier alpha value is -2.85. The number of carbonyl (C=O) groups is 2. The second-order valence-electron chi connectivity index (χ2n) is 7.25. The molecule has 1 aliphatic carbocycles. The van der Waals surface area contributed by atoms with Crippen molar-refractivity contribution in [3.8, 4) is 0 Å². The van der Waals surface area contributed by atoms with Crippen LogP contribution in [0.2, 0.25) is 0 Å². The summed E-state index contributed by atoms with van der Waals surface area (Å²) < 4.78 is 43.5. The van der Waals surface area contributed by atoms with Crippen LogP contribution in [0.15, 0.2) is 18.2 Å². The number of ether oxygens (including phenoxy) is 1. The molecule has 0 radical (unpaired) electrons. The monoisotopic (exact) mass is 415 g/mol. The number of hydrogen-bond donors (Lipinski definition) is 0. The van der Waals surface area contributed by atoms with Crippen LogP contribution in [-0.2, 0) is 20.5 Å². The van der Waals surface area contributed by atoms with Gasteiger partial charge in [-0.1, -0.05) is 6.92 Å². The molecule has 0 spiro atoms. The Bertz CT molecular complexity index is 821. The van der Waals surface area contributed by atoms with E-state index in [2.05, 4.69) is 0 Å². The third-order valence-corrected chi connectivity index (χ3v) is 5.22. The van der Waals surface area contributed by atoms with Crippen molar-refractivity contribution in [2.45, 2.75) is 19.5 Å². The minimum Gasteiger partial charge on any atom is -0.455 e. The summed E-state index contributed by atoms with van der Waals surface area (Å²) in [6.45, 7) is 2.43. The van der Waals surface area contributed by atoms with Crippen LogP contribution in [0.3, 0.4) is 0 Å². The molecule has 1 saturated carbocycles. The van der Waals surface area contributed by atoms with E-state index in [1.807, 2.05) is 6.92 Å². The van der Waals surface area contributed by atoms with Crippen LogP contribution in [0.5, 0.6) is 0 Å². The number of amides is 1. The molecule has 158 valence electrons. The van der Waals surface area contributed by atoms with Gasteiger partial charge in [-0.25, -0.2) is 0 Å². The van der Waals surface area contributed by atoms with E-state index < -0.39 is 22.4 Å². The number of nitro groups is 1. The molecule has 0 bridgehead atoms. The number of rotatable bonds is 5. The Morgan fingerprint density at radius 3 is 2.38 bits per heavy atom. The maximum Gasteiger partial charge on any atom is 0.416 e. The second-order valence-corrected chi connectivity index (χ2v) is 7.25. The summed E-state index contributed by atoms with van der Waals surface area (Å²) in [6.07, 6.45) is -3.91. The molecule has 2 aliphatic rings. The summed E-state index contributed by atoms with van der Waals surface area (Å²) in [5, 5.41) is 11.2. The first kappa shape index (κ1) is 20.9. The molecular weight excluding hydrogens is 395 g/mol. The van der Waals surface area contributed by atoms with Crippen LogP contribution < -0.4 is 4.90 Å². The van der Waals surface area contributed by atoms with Crippen molar-refractivity contribution < 1.29 is 32.4 Å². The molecule has 1 aromatic carbocycles. The van der Waals surface area contributed by atoms with Gasteiger partial charge in [0.25, 0.3) is 11.6 Å². The third-order valence-electron chi connectivity index (χ3n) is 5.22. The van der Waals surface area contributed by atoms with E-state index in [-0.39, 0.29) is 62.2 Å². The lowest BCUT2D eigenvalue weighted by Crippen LogP contribution is -2.50. The van der Waals surface area contributed by atoms with Gasteiger partial charge in [0.2, 0.25) is 0 Å². The molecule has 1 heterocycles. The highest BCUT2D eigenvalue weighted by atomic mass is 19.4. The highest BCUT2D eigenvalue weighted by Crippen LogP contribution is 2.39. The normalized spacial score (nSPS) is 21.7. The average molecular weight is 415 g/mol. The fourth-order valence-electron chi connectivity index (χ4n) is 3.29. The van der Waals surface area contributed by atoms with Gasteiger partial charge in [-0.15, -0.1) is 0 Å². The number of carbonyl (C=O) groups excluding carboxylic acids is 2. The summed E-state index contributed by atoms with van der Waals surface area (Å²) in [6, 6.07) is 2.40. The Morgan fingerprint density at radius 1 is 1.24 bits per heavy atom. The highest BCUT2D eigenvalue weighted by molar-refractivity contribution is 5.82. The molecule has 2 atom stereocenters. The topological polar surface area (TPSA) is 93.0 Å². The van der Waals surface area contributed by atoms with Gasteiger partial charge in [0.05, 0.1) is 16.4 Å². The van der Waals surface area contributed by atoms with Gasteiger partial charge in [0, 0.05) is 32.2 Å². The number of nitrogens with zero attached hydrogens (tertiary/aromatic N) is 3. The number of alkyl halides is 3. The SMILES string of the molecule is C[C@@H]1C[C@@H]1C(=O)OCC(=O)N1CCN(c2ccc(C(F)(F)F)cc2[N+](=O)[O-])CC1. The predicted octanol–water partition coefficient (Wildman–Crippen LogP) is 2.46. The van der Waals surface area contributed by atoms with Gasteiger partial charge < -0.3 is 14.5 Å².